The molecule has 0 unspecified atom stereocenters. The molecule has 136 valence electrons. The molecule has 0 aliphatic carbocycles. The highest BCUT2D eigenvalue weighted by molar-refractivity contribution is 7.09. The maximum absolute atomic E-state index is 13.2. The summed E-state index contributed by atoms with van der Waals surface area (Å²) in [5.41, 5.74) is 0.663. The average Bonchev–Trinajstić information content (AvgIpc) is 3.34. The number of aromatic nitrogens is 1. The smallest absolute Gasteiger partial charge is 0.231 e. The Hall–Kier alpha value is -2.05. The largest absolute Gasteiger partial charge is 0.338 e. The fourth-order valence-corrected chi connectivity index (χ4v) is 5.20. The zero-order chi connectivity index (χ0) is 18.1. The van der Waals surface area contributed by atoms with Crippen LogP contribution < -0.4 is 0 Å². The SMILES string of the molecule is C=CCN1CC[C@]2(CN(Cc3ccc(F)cc3)C[C@H]2c2nccs2)C1=O. The number of hydrogen-bond acceptors (Lipinski definition) is 4. The van der Waals surface area contributed by atoms with Crippen molar-refractivity contribution in [1.29, 1.82) is 0 Å². The molecule has 1 aromatic heterocycles. The highest BCUT2D eigenvalue weighted by Gasteiger charge is 2.57. The van der Waals surface area contributed by atoms with Crippen LogP contribution >= 0.6 is 11.3 Å². The predicted molar refractivity (Wildman–Crippen MR) is 100 cm³/mol. The Morgan fingerprint density at radius 2 is 2.19 bits per heavy atom. The van der Waals surface area contributed by atoms with Gasteiger partial charge >= 0.3 is 0 Å². The lowest BCUT2D eigenvalue weighted by atomic mass is 9.77. The van der Waals surface area contributed by atoms with E-state index in [1.807, 2.05) is 28.6 Å². The van der Waals surface area contributed by atoms with Gasteiger partial charge in [0.2, 0.25) is 5.91 Å². The van der Waals surface area contributed by atoms with Crippen molar-refractivity contribution in [3.63, 3.8) is 0 Å². The number of carbonyl (C=O) groups is 1. The lowest BCUT2D eigenvalue weighted by Crippen LogP contribution is -2.39. The third-order valence-electron chi connectivity index (χ3n) is 5.57. The number of thiazole rings is 1. The molecule has 1 amide bonds. The van der Waals surface area contributed by atoms with Crippen molar-refractivity contribution in [2.45, 2.75) is 18.9 Å². The highest BCUT2D eigenvalue weighted by Crippen LogP contribution is 2.50. The van der Waals surface area contributed by atoms with Gasteiger partial charge in [-0.2, -0.15) is 0 Å². The first-order valence-corrected chi connectivity index (χ1v) is 9.77. The molecule has 2 saturated heterocycles. The van der Waals surface area contributed by atoms with Crippen molar-refractivity contribution in [2.75, 3.05) is 26.2 Å². The fraction of sp³-hybridized carbons (Fsp3) is 0.400. The zero-order valence-corrected chi connectivity index (χ0v) is 15.4. The summed E-state index contributed by atoms with van der Waals surface area (Å²) in [7, 11) is 0. The predicted octanol–water partition coefficient (Wildman–Crippen LogP) is 3.29. The van der Waals surface area contributed by atoms with Crippen LogP contribution in [-0.4, -0.2) is 46.9 Å². The van der Waals surface area contributed by atoms with Crippen LogP contribution in [0.4, 0.5) is 4.39 Å². The van der Waals surface area contributed by atoms with E-state index < -0.39 is 5.41 Å². The van der Waals surface area contributed by atoms with Gasteiger partial charge in [0.15, 0.2) is 0 Å². The van der Waals surface area contributed by atoms with E-state index in [0.717, 1.165) is 43.2 Å². The van der Waals surface area contributed by atoms with Gasteiger partial charge in [-0.15, -0.1) is 17.9 Å². The first kappa shape index (κ1) is 17.4. The molecule has 4 nitrogen and oxygen atoms in total. The summed E-state index contributed by atoms with van der Waals surface area (Å²) in [6, 6.07) is 6.62. The number of benzene rings is 1. The molecule has 0 saturated carbocycles. The standard InChI is InChI=1S/C20H22FN3OS/c1-2-9-24-10-7-20(19(24)25)14-23(12-15-3-5-16(21)6-4-15)13-17(20)18-22-8-11-26-18/h2-6,8,11,17H,1,7,9-10,12-14H2/t17-,20+/m0/s1. The van der Waals surface area contributed by atoms with Crippen molar-refractivity contribution in [2.24, 2.45) is 5.41 Å². The summed E-state index contributed by atoms with van der Waals surface area (Å²) in [4.78, 5) is 22.0. The number of nitrogens with zero attached hydrogens (tertiary/aromatic N) is 3. The quantitative estimate of drug-likeness (QED) is 0.757. The van der Waals surface area contributed by atoms with Crippen molar-refractivity contribution >= 4 is 17.2 Å². The molecule has 26 heavy (non-hydrogen) atoms. The summed E-state index contributed by atoms with van der Waals surface area (Å²) in [5, 5.41) is 3.02. The molecule has 2 aliphatic rings. The Labute approximate surface area is 157 Å². The molecule has 1 aromatic carbocycles. The molecule has 2 fully saturated rings. The lowest BCUT2D eigenvalue weighted by Gasteiger charge is -2.27. The van der Waals surface area contributed by atoms with E-state index >= 15 is 0 Å². The lowest BCUT2D eigenvalue weighted by molar-refractivity contribution is -0.135. The number of rotatable bonds is 5. The van der Waals surface area contributed by atoms with E-state index in [1.54, 1.807) is 17.4 Å². The number of likely N-dealkylation sites (tertiary alicyclic amines) is 2. The molecule has 0 bridgehead atoms. The Kier molecular flexibility index (Phi) is 4.63. The minimum absolute atomic E-state index is 0.116. The summed E-state index contributed by atoms with van der Waals surface area (Å²) in [6.45, 7) is 7.40. The van der Waals surface area contributed by atoms with Gasteiger partial charge in [-0.1, -0.05) is 18.2 Å². The monoisotopic (exact) mass is 371 g/mol. The van der Waals surface area contributed by atoms with Crippen molar-refractivity contribution in [3.8, 4) is 0 Å². The van der Waals surface area contributed by atoms with E-state index in [2.05, 4.69) is 16.5 Å². The van der Waals surface area contributed by atoms with Crippen molar-refractivity contribution in [3.05, 3.63) is 64.9 Å². The normalized spacial score (nSPS) is 26.1. The first-order valence-electron chi connectivity index (χ1n) is 8.89. The number of halogens is 1. The number of amides is 1. The molecular formula is C20H22FN3OS. The van der Waals surface area contributed by atoms with Crippen LogP contribution in [0.15, 0.2) is 48.5 Å². The van der Waals surface area contributed by atoms with Crippen LogP contribution in [0.1, 0.15) is 22.9 Å². The van der Waals surface area contributed by atoms with Gasteiger partial charge in [-0.05, 0) is 24.1 Å². The van der Waals surface area contributed by atoms with Gasteiger partial charge < -0.3 is 4.90 Å². The molecule has 1 spiro atoms. The Morgan fingerprint density at radius 3 is 2.88 bits per heavy atom. The number of carbonyl (C=O) groups excluding carboxylic acids is 1. The Bertz CT molecular complexity index is 792. The minimum atomic E-state index is -0.402. The van der Waals surface area contributed by atoms with Crippen molar-refractivity contribution < 1.29 is 9.18 Å². The maximum Gasteiger partial charge on any atom is 0.231 e. The van der Waals surface area contributed by atoms with E-state index in [4.69, 9.17) is 0 Å². The zero-order valence-electron chi connectivity index (χ0n) is 14.6. The Morgan fingerprint density at radius 1 is 1.38 bits per heavy atom. The van der Waals surface area contributed by atoms with Gasteiger partial charge in [0.05, 0.1) is 10.4 Å². The Balaban J connectivity index is 1.60. The van der Waals surface area contributed by atoms with Crippen LogP contribution in [-0.2, 0) is 11.3 Å². The van der Waals surface area contributed by atoms with E-state index in [9.17, 15) is 9.18 Å². The molecule has 2 atom stereocenters. The van der Waals surface area contributed by atoms with E-state index in [1.165, 1.54) is 12.1 Å². The third kappa shape index (κ3) is 2.97. The minimum Gasteiger partial charge on any atom is -0.338 e. The molecule has 4 rings (SSSR count). The molecule has 3 heterocycles. The van der Waals surface area contributed by atoms with Crippen LogP contribution in [0, 0.1) is 11.2 Å². The summed E-state index contributed by atoms with van der Waals surface area (Å²) < 4.78 is 13.2. The summed E-state index contributed by atoms with van der Waals surface area (Å²) >= 11 is 1.63. The number of hydrogen-bond donors (Lipinski definition) is 0. The highest BCUT2D eigenvalue weighted by atomic mass is 32.1. The van der Waals surface area contributed by atoms with Crippen LogP contribution in [0.2, 0.25) is 0 Å². The van der Waals surface area contributed by atoms with Gasteiger partial charge in [0, 0.05) is 50.2 Å². The molecule has 0 radical (unpaired) electrons. The van der Waals surface area contributed by atoms with Crippen LogP contribution in [0.25, 0.3) is 0 Å². The van der Waals surface area contributed by atoms with E-state index in [0.29, 0.717) is 6.54 Å². The van der Waals surface area contributed by atoms with Gasteiger partial charge in [-0.3, -0.25) is 9.69 Å². The third-order valence-corrected chi connectivity index (χ3v) is 6.46. The van der Waals surface area contributed by atoms with Gasteiger partial charge in [0.25, 0.3) is 0 Å². The first-order chi connectivity index (χ1) is 12.6. The maximum atomic E-state index is 13.2. The van der Waals surface area contributed by atoms with Gasteiger partial charge in [0.1, 0.15) is 5.82 Å². The molecule has 6 heteroatoms. The second-order valence-electron chi connectivity index (χ2n) is 7.16. The summed E-state index contributed by atoms with van der Waals surface area (Å²) in [6.07, 6.45) is 4.46. The molecule has 2 aliphatic heterocycles. The second kappa shape index (κ2) is 6.93. The van der Waals surface area contributed by atoms with Crippen LogP contribution in [0.5, 0.6) is 0 Å². The van der Waals surface area contributed by atoms with Gasteiger partial charge in [-0.25, -0.2) is 9.37 Å². The summed E-state index contributed by atoms with van der Waals surface area (Å²) in [5.74, 6) is 0.114. The van der Waals surface area contributed by atoms with E-state index in [-0.39, 0.29) is 17.6 Å². The molecule has 2 aromatic rings. The van der Waals surface area contributed by atoms with Crippen molar-refractivity contribution in [1.82, 2.24) is 14.8 Å². The average molecular weight is 371 g/mol. The van der Waals surface area contributed by atoms with Crippen LogP contribution in [0.3, 0.4) is 0 Å². The topological polar surface area (TPSA) is 36.4 Å². The molecular weight excluding hydrogens is 349 g/mol. The fourth-order valence-electron chi connectivity index (χ4n) is 4.35. The molecule has 0 N–H and O–H groups in total. The second-order valence-corrected chi connectivity index (χ2v) is 8.09.